The van der Waals surface area contributed by atoms with Gasteiger partial charge in [-0.2, -0.15) is 5.26 Å². The van der Waals surface area contributed by atoms with E-state index in [2.05, 4.69) is 39.4 Å². The molecule has 0 radical (unpaired) electrons. The van der Waals surface area contributed by atoms with Gasteiger partial charge in [-0.15, -0.1) is 0 Å². The molecule has 1 N–H and O–H groups in total. The third-order valence-corrected chi connectivity index (χ3v) is 4.83. The van der Waals surface area contributed by atoms with Crippen molar-refractivity contribution in [2.24, 2.45) is 0 Å². The van der Waals surface area contributed by atoms with Gasteiger partial charge in [-0.25, -0.2) is 0 Å². The minimum atomic E-state index is -0.572. The lowest BCUT2D eigenvalue weighted by molar-refractivity contribution is 0.628. The standard InChI is InChI=1S/C16H12BrClN2/c17-14-7-13(5-6-15(14)18)20-16(10-19)8-11-3-1-2-4-12(11)9-16/h1-7,20H,8-9H2. The Bertz CT molecular complexity index is 681. The predicted octanol–water partition coefficient (Wildman–Crippen LogP) is 4.58. The summed E-state index contributed by atoms with van der Waals surface area (Å²) in [6, 6.07) is 16.3. The van der Waals surface area contributed by atoms with Crippen molar-refractivity contribution in [1.29, 1.82) is 5.26 Å². The molecule has 0 fully saturated rings. The third kappa shape index (κ3) is 2.42. The lowest BCUT2D eigenvalue weighted by Crippen LogP contribution is -2.37. The molecule has 0 aliphatic heterocycles. The Hall–Kier alpha value is -1.50. The Kier molecular flexibility index (Phi) is 3.45. The summed E-state index contributed by atoms with van der Waals surface area (Å²) < 4.78 is 0.827. The van der Waals surface area contributed by atoms with Gasteiger partial charge in [0, 0.05) is 23.0 Å². The minimum absolute atomic E-state index is 0.572. The monoisotopic (exact) mass is 346 g/mol. The smallest absolute Gasteiger partial charge is 0.133 e. The van der Waals surface area contributed by atoms with Crippen molar-refractivity contribution in [2.45, 2.75) is 18.4 Å². The molecule has 3 rings (SSSR count). The van der Waals surface area contributed by atoms with Crippen LogP contribution in [0.15, 0.2) is 46.9 Å². The first-order valence-electron chi connectivity index (χ1n) is 6.33. The van der Waals surface area contributed by atoms with Crippen LogP contribution in [0.1, 0.15) is 11.1 Å². The van der Waals surface area contributed by atoms with Crippen LogP contribution < -0.4 is 5.32 Å². The average Bonchev–Trinajstić information content (AvgIpc) is 2.81. The van der Waals surface area contributed by atoms with Gasteiger partial charge in [0.05, 0.1) is 11.1 Å². The number of nitrogens with one attached hydrogen (secondary N) is 1. The van der Waals surface area contributed by atoms with Gasteiger partial charge >= 0.3 is 0 Å². The number of hydrogen-bond donors (Lipinski definition) is 1. The molecule has 0 atom stereocenters. The molecule has 100 valence electrons. The summed E-state index contributed by atoms with van der Waals surface area (Å²) >= 11 is 9.41. The van der Waals surface area contributed by atoms with Gasteiger partial charge in [-0.3, -0.25) is 0 Å². The number of nitriles is 1. The van der Waals surface area contributed by atoms with E-state index in [1.165, 1.54) is 11.1 Å². The molecule has 2 aromatic carbocycles. The normalized spacial score (nSPS) is 15.4. The van der Waals surface area contributed by atoms with Gasteiger partial charge in [-0.1, -0.05) is 35.9 Å². The zero-order valence-corrected chi connectivity index (χ0v) is 13.0. The van der Waals surface area contributed by atoms with E-state index in [4.69, 9.17) is 11.6 Å². The van der Waals surface area contributed by atoms with Crippen molar-refractivity contribution in [3.63, 3.8) is 0 Å². The van der Waals surface area contributed by atoms with Gasteiger partial charge in [0.15, 0.2) is 0 Å². The lowest BCUT2D eigenvalue weighted by atomic mass is 9.97. The van der Waals surface area contributed by atoms with Crippen molar-refractivity contribution >= 4 is 33.2 Å². The Morgan fingerprint density at radius 2 is 1.80 bits per heavy atom. The molecule has 1 aliphatic carbocycles. The van der Waals surface area contributed by atoms with Gasteiger partial charge in [0.25, 0.3) is 0 Å². The molecule has 2 nitrogen and oxygen atoms in total. The highest BCUT2D eigenvalue weighted by Crippen LogP contribution is 2.34. The summed E-state index contributed by atoms with van der Waals surface area (Å²) in [4.78, 5) is 0. The summed E-state index contributed by atoms with van der Waals surface area (Å²) in [5.74, 6) is 0. The topological polar surface area (TPSA) is 35.8 Å². The number of hydrogen-bond acceptors (Lipinski definition) is 2. The van der Waals surface area contributed by atoms with E-state index in [0.717, 1.165) is 23.0 Å². The fourth-order valence-electron chi connectivity index (χ4n) is 2.66. The molecule has 0 saturated heterocycles. The van der Waals surface area contributed by atoms with E-state index in [1.54, 1.807) is 0 Å². The van der Waals surface area contributed by atoms with Crippen LogP contribution in [0, 0.1) is 11.3 Å². The Labute approximate surface area is 131 Å². The SMILES string of the molecule is N#CC1(Nc2ccc(Cl)c(Br)c2)Cc2ccccc2C1. The van der Waals surface area contributed by atoms with Crippen molar-refractivity contribution in [2.75, 3.05) is 5.32 Å². The molecule has 0 aromatic heterocycles. The van der Waals surface area contributed by atoms with Crippen LogP contribution in [0.4, 0.5) is 5.69 Å². The largest absolute Gasteiger partial charge is 0.367 e. The molecule has 0 spiro atoms. The Balaban J connectivity index is 1.89. The highest BCUT2D eigenvalue weighted by Gasteiger charge is 2.37. The average molecular weight is 348 g/mol. The molecular weight excluding hydrogens is 336 g/mol. The molecule has 0 unspecified atom stereocenters. The fraction of sp³-hybridized carbons (Fsp3) is 0.188. The molecule has 1 aliphatic rings. The van der Waals surface area contributed by atoms with Crippen molar-refractivity contribution in [3.05, 3.63) is 63.1 Å². The molecular formula is C16H12BrClN2. The summed E-state index contributed by atoms with van der Waals surface area (Å²) in [7, 11) is 0. The molecule has 2 aromatic rings. The molecule has 4 heteroatoms. The lowest BCUT2D eigenvalue weighted by Gasteiger charge is -2.23. The van der Waals surface area contributed by atoms with Crippen LogP contribution in [-0.4, -0.2) is 5.54 Å². The number of fused-ring (bicyclic) bond motifs is 1. The van der Waals surface area contributed by atoms with Crippen LogP contribution in [0.2, 0.25) is 5.02 Å². The van der Waals surface area contributed by atoms with Crippen LogP contribution in [0.25, 0.3) is 0 Å². The predicted molar refractivity (Wildman–Crippen MR) is 85.0 cm³/mol. The molecule has 0 saturated carbocycles. The molecule has 20 heavy (non-hydrogen) atoms. The van der Waals surface area contributed by atoms with Gasteiger partial charge in [0.1, 0.15) is 5.54 Å². The Morgan fingerprint density at radius 1 is 1.15 bits per heavy atom. The molecule has 0 amide bonds. The summed E-state index contributed by atoms with van der Waals surface area (Å²) in [6.07, 6.45) is 1.44. The van der Waals surface area contributed by atoms with Gasteiger partial charge < -0.3 is 5.32 Å². The number of halogens is 2. The zero-order valence-electron chi connectivity index (χ0n) is 10.7. The van der Waals surface area contributed by atoms with Gasteiger partial charge in [-0.05, 0) is 45.3 Å². The van der Waals surface area contributed by atoms with E-state index < -0.39 is 5.54 Å². The highest BCUT2D eigenvalue weighted by atomic mass is 79.9. The van der Waals surface area contributed by atoms with E-state index in [-0.39, 0.29) is 0 Å². The minimum Gasteiger partial charge on any atom is -0.367 e. The fourth-order valence-corrected chi connectivity index (χ4v) is 3.16. The maximum Gasteiger partial charge on any atom is 0.133 e. The first kappa shape index (κ1) is 13.5. The van der Waals surface area contributed by atoms with Crippen molar-refractivity contribution in [3.8, 4) is 6.07 Å². The maximum absolute atomic E-state index is 9.62. The maximum atomic E-state index is 9.62. The first-order valence-corrected chi connectivity index (χ1v) is 7.50. The molecule has 0 heterocycles. The summed E-state index contributed by atoms with van der Waals surface area (Å²) in [5, 5.41) is 13.7. The summed E-state index contributed by atoms with van der Waals surface area (Å²) in [5.41, 5.74) is 2.82. The van der Waals surface area contributed by atoms with Crippen molar-refractivity contribution in [1.82, 2.24) is 0 Å². The van der Waals surface area contributed by atoms with Gasteiger partial charge in [0.2, 0.25) is 0 Å². The number of anilines is 1. The van der Waals surface area contributed by atoms with Crippen LogP contribution in [-0.2, 0) is 12.8 Å². The second kappa shape index (κ2) is 5.12. The quantitative estimate of drug-likeness (QED) is 0.863. The van der Waals surface area contributed by atoms with Crippen LogP contribution in [0.3, 0.4) is 0 Å². The van der Waals surface area contributed by atoms with E-state index in [0.29, 0.717) is 5.02 Å². The summed E-state index contributed by atoms with van der Waals surface area (Å²) in [6.45, 7) is 0. The highest BCUT2D eigenvalue weighted by molar-refractivity contribution is 9.10. The van der Waals surface area contributed by atoms with Crippen molar-refractivity contribution < 1.29 is 0 Å². The number of nitrogens with zero attached hydrogens (tertiary/aromatic N) is 1. The van der Waals surface area contributed by atoms with E-state index in [1.807, 2.05) is 30.3 Å². The Morgan fingerprint density at radius 3 is 2.35 bits per heavy atom. The van der Waals surface area contributed by atoms with E-state index >= 15 is 0 Å². The second-order valence-corrected chi connectivity index (χ2v) is 6.33. The van der Waals surface area contributed by atoms with Crippen LogP contribution >= 0.6 is 27.5 Å². The number of benzene rings is 2. The zero-order chi connectivity index (χ0) is 14.2. The first-order chi connectivity index (χ1) is 9.62. The third-order valence-electron chi connectivity index (χ3n) is 3.62. The molecule has 0 bridgehead atoms. The second-order valence-electron chi connectivity index (χ2n) is 5.07. The van der Waals surface area contributed by atoms with E-state index in [9.17, 15) is 5.26 Å². The van der Waals surface area contributed by atoms with Crippen LogP contribution in [0.5, 0.6) is 0 Å². The number of rotatable bonds is 2.